The van der Waals surface area contributed by atoms with Crippen LogP contribution in [0.4, 0.5) is 0 Å². The van der Waals surface area contributed by atoms with E-state index < -0.39 is 0 Å². The number of carbonyl (C=O) groups excluding carboxylic acids is 1. The Morgan fingerprint density at radius 2 is 1.67 bits per heavy atom. The fourth-order valence-corrected chi connectivity index (χ4v) is 4.31. The van der Waals surface area contributed by atoms with Crippen LogP contribution in [0.2, 0.25) is 0 Å². The van der Waals surface area contributed by atoms with Crippen molar-refractivity contribution in [3.8, 4) is 0 Å². The number of guanidine groups is 1. The SMILES string of the molecule is CN=C(NCCCN1CCCCC1C)NCCNC(=O)CC1CCCCC1. The molecule has 2 rings (SSSR count). The van der Waals surface area contributed by atoms with Gasteiger partial charge in [-0.25, -0.2) is 0 Å². The molecule has 0 radical (unpaired) electrons. The van der Waals surface area contributed by atoms with E-state index in [1.807, 2.05) is 0 Å². The summed E-state index contributed by atoms with van der Waals surface area (Å²) in [6.45, 7) is 7.03. The van der Waals surface area contributed by atoms with Gasteiger partial charge < -0.3 is 20.9 Å². The highest BCUT2D eigenvalue weighted by Gasteiger charge is 2.17. The summed E-state index contributed by atoms with van der Waals surface area (Å²) < 4.78 is 0. The van der Waals surface area contributed by atoms with Crippen LogP contribution in [0.5, 0.6) is 0 Å². The largest absolute Gasteiger partial charge is 0.356 e. The van der Waals surface area contributed by atoms with E-state index in [9.17, 15) is 4.79 Å². The van der Waals surface area contributed by atoms with Crippen LogP contribution in [-0.4, -0.2) is 62.6 Å². The third-order valence-corrected chi connectivity index (χ3v) is 6.02. The van der Waals surface area contributed by atoms with Crippen molar-refractivity contribution in [2.75, 3.05) is 39.8 Å². The minimum absolute atomic E-state index is 0.197. The number of carbonyl (C=O) groups is 1. The van der Waals surface area contributed by atoms with Gasteiger partial charge in [-0.2, -0.15) is 0 Å². The Hall–Kier alpha value is -1.30. The quantitative estimate of drug-likeness (QED) is 0.327. The molecule has 2 aliphatic rings. The second-order valence-electron chi connectivity index (χ2n) is 8.22. The zero-order valence-electron chi connectivity index (χ0n) is 17.6. The summed E-state index contributed by atoms with van der Waals surface area (Å²) in [6, 6.07) is 0.730. The number of piperidine rings is 1. The Balaban J connectivity index is 1.49. The summed E-state index contributed by atoms with van der Waals surface area (Å²) in [5, 5.41) is 9.70. The summed E-state index contributed by atoms with van der Waals surface area (Å²) >= 11 is 0. The molecule has 1 atom stereocenters. The first kappa shape index (κ1) is 22.0. The van der Waals surface area contributed by atoms with Gasteiger partial charge in [0.15, 0.2) is 5.96 Å². The lowest BCUT2D eigenvalue weighted by Crippen LogP contribution is -2.43. The van der Waals surface area contributed by atoms with E-state index in [4.69, 9.17) is 0 Å². The normalized spacial score (nSPS) is 22.4. The van der Waals surface area contributed by atoms with E-state index in [1.54, 1.807) is 7.05 Å². The average molecular weight is 380 g/mol. The molecule has 0 aromatic heterocycles. The first-order chi connectivity index (χ1) is 13.2. The van der Waals surface area contributed by atoms with Crippen molar-refractivity contribution in [1.82, 2.24) is 20.9 Å². The van der Waals surface area contributed by atoms with Crippen molar-refractivity contribution < 1.29 is 4.79 Å². The topological polar surface area (TPSA) is 68.8 Å². The van der Waals surface area contributed by atoms with Gasteiger partial charge in [0.05, 0.1) is 0 Å². The molecule has 0 bridgehead atoms. The maximum Gasteiger partial charge on any atom is 0.220 e. The van der Waals surface area contributed by atoms with Crippen molar-refractivity contribution in [3.63, 3.8) is 0 Å². The fraction of sp³-hybridized carbons (Fsp3) is 0.905. The molecule has 1 unspecified atom stereocenters. The van der Waals surface area contributed by atoms with Crippen LogP contribution < -0.4 is 16.0 Å². The molecule has 1 saturated carbocycles. The molecule has 0 aromatic carbocycles. The van der Waals surface area contributed by atoms with Crippen molar-refractivity contribution in [2.24, 2.45) is 10.9 Å². The van der Waals surface area contributed by atoms with Gasteiger partial charge in [-0.05, 0) is 51.5 Å². The molecule has 1 heterocycles. The molecule has 1 amide bonds. The first-order valence-electron chi connectivity index (χ1n) is 11.1. The molecule has 1 aliphatic carbocycles. The van der Waals surface area contributed by atoms with Crippen molar-refractivity contribution >= 4 is 11.9 Å². The zero-order valence-corrected chi connectivity index (χ0v) is 17.6. The minimum Gasteiger partial charge on any atom is -0.356 e. The maximum absolute atomic E-state index is 12.0. The molecule has 27 heavy (non-hydrogen) atoms. The number of likely N-dealkylation sites (tertiary alicyclic amines) is 1. The zero-order chi connectivity index (χ0) is 19.3. The van der Waals surface area contributed by atoms with Crippen molar-refractivity contribution in [3.05, 3.63) is 0 Å². The van der Waals surface area contributed by atoms with Gasteiger partial charge >= 0.3 is 0 Å². The van der Waals surface area contributed by atoms with E-state index >= 15 is 0 Å². The maximum atomic E-state index is 12.0. The van der Waals surface area contributed by atoms with Crippen LogP contribution in [0.3, 0.4) is 0 Å². The van der Waals surface area contributed by atoms with Gasteiger partial charge in [-0.15, -0.1) is 0 Å². The Morgan fingerprint density at radius 3 is 2.41 bits per heavy atom. The van der Waals surface area contributed by atoms with Crippen molar-refractivity contribution in [1.29, 1.82) is 0 Å². The van der Waals surface area contributed by atoms with Gasteiger partial charge in [0, 0.05) is 45.7 Å². The average Bonchev–Trinajstić information content (AvgIpc) is 2.68. The van der Waals surface area contributed by atoms with Gasteiger partial charge in [0.1, 0.15) is 0 Å². The Bertz CT molecular complexity index is 448. The van der Waals surface area contributed by atoms with E-state index in [2.05, 4.69) is 32.8 Å². The molecule has 1 aliphatic heterocycles. The molecule has 0 spiro atoms. The predicted molar refractivity (Wildman–Crippen MR) is 113 cm³/mol. The number of rotatable bonds is 9. The number of hydrogen-bond acceptors (Lipinski definition) is 3. The number of nitrogens with zero attached hydrogens (tertiary/aromatic N) is 2. The Kier molecular flexibility index (Phi) is 10.6. The highest BCUT2D eigenvalue weighted by molar-refractivity contribution is 5.79. The smallest absolute Gasteiger partial charge is 0.220 e. The first-order valence-corrected chi connectivity index (χ1v) is 11.1. The highest BCUT2D eigenvalue weighted by atomic mass is 16.1. The van der Waals surface area contributed by atoms with E-state index in [0.29, 0.717) is 25.4 Å². The Labute approximate surface area is 165 Å². The monoisotopic (exact) mass is 379 g/mol. The van der Waals surface area contributed by atoms with Crippen LogP contribution in [0.15, 0.2) is 4.99 Å². The van der Waals surface area contributed by atoms with Crippen LogP contribution in [-0.2, 0) is 4.79 Å². The molecular formula is C21H41N5O. The van der Waals surface area contributed by atoms with E-state index in [-0.39, 0.29) is 5.91 Å². The molecule has 6 nitrogen and oxygen atoms in total. The summed E-state index contributed by atoms with van der Waals surface area (Å²) in [5.41, 5.74) is 0. The molecule has 2 fully saturated rings. The number of amides is 1. The van der Waals surface area contributed by atoms with Crippen molar-refractivity contribution in [2.45, 2.75) is 77.2 Å². The van der Waals surface area contributed by atoms with Crippen LogP contribution in [0, 0.1) is 5.92 Å². The van der Waals surface area contributed by atoms with Crippen LogP contribution >= 0.6 is 0 Å². The molecule has 6 heteroatoms. The van der Waals surface area contributed by atoms with E-state index in [0.717, 1.165) is 31.5 Å². The molecular weight excluding hydrogens is 338 g/mol. The summed E-state index contributed by atoms with van der Waals surface area (Å²) in [5.74, 6) is 1.62. The lowest BCUT2D eigenvalue weighted by Gasteiger charge is -2.33. The summed E-state index contributed by atoms with van der Waals surface area (Å²) in [6.07, 6.45) is 12.2. The molecule has 0 aromatic rings. The van der Waals surface area contributed by atoms with Crippen LogP contribution in [0.25, 0.3) is 0 Å². The lowest BCUT2D eigenvalue weighted by molar-refractivity contribution is -0.122. The summed E-state index contributed by atoms with van der Waals surface area (Å²) in [7, 11) is 1.80. The Morgan fingerprint density at radius 1 is 0.963 bits per heavy atom. The van der Waals surface area contributed by atoms with E-state index in [1.165, 1.54) is 57.9 Å². The fourth-order valence-electron chi connectivity index (χ4n) is 4.31. The molecule has 156 valence electrons. The number of hydrogen-bond donors (Lipinski definition) is 3. The van der Waals surface area contributed by atoms with Gasteiger partial charge in [-0.3, -0.25) is 9.79 Å². The van der Waals surface area contributed by atoms with Crippen LogP contribution in [0.1, 0.15) is 71.1 Å². The minimum atomic E-state index is 0.197. The summed E-state index contributed by atoms with van der Waals surface area (Å²) in [4.78, 5) is 18.9. The third-order valence-electron chi connectivity index (χ3n) is 6.02. The third kappa shape index (κ3) is 8.96. The molecule has 1 saturated heterocycles. The number of aliphatic imine (C=N–C) groups is 1. The predicted octanol–water partition coefficient (Wildman–Crippen LogP) is 2.50. The second-order valence-corrected chi connectivity index (χ2v) is 8.22. The highest BCUT2D eigenvalue weighted by Crippen LogP contribution is 2.25. The van der Waals surface area contributed by atoms with Gasteiger partial charge in [0.25, 0.3) is 0 Å². The second kappa shape index (κ2) is 13.0. The lowest BCUT2D eigenvalue weighted by atomic mass is 9.87. The van der Waals surface area contributed by atoms with Gasteiger partial charge in [-0.1, -0.05) is 25.7 Å². The molecule has 3 N–H and O–H groups in total. The van der Waals surface area contributed by atoms with Gasteiger partial charge in [0.2, 0.25) is 5.91 Å². The number of nitrogens with one attached hydrogen (secondary N) is 3. The standard InChI is InChI=1S/C21H41N5O/c1-18-9-6-7-15-26(18)16-8-12-24-21(22-2)25-14-13-23-20(27)17-19-10-4-3-5-11-19/h18-19H,3-17H2,1-2H3,(H,23,27)(H2,22,24,25).